The first-order chi connectivity index (χ1) is 16.8. The number of ketones is 1. The van der Waals surface area contributed by atoms with Crippen molar-refractivity contribution in [2.45, 2.75) is 6.04 Å². The van der Waals surface area contributed by atoms with Gasteiger partial charge < -0.3 is 19.7 Å². The summed E-state index contributed by atoms with van der Waals surface area (Å²) in [6.07, 6.45) is 0. The van der Waals surface area contributed by atoms with Crippen LogP contribution in [0.3, 0.4) is 0 Å². The number of methoxy groups -OCH3 is 2. The van der Waals surface area contributed by atoms with Gasteiger partial charge in [-0.1, -0.05) is 40.2 Å². The zero-order valence-electron chi connectivity index (χ0n) is 18.7. The minimum absolute atomic E-state index is 0.0524. The number of aromatic carboxylic acids is 1. The molecule has 1 amide bonds. The average Bonchev–Trinajstić information content (AvgIpc) is 3.13. The van der Waals surface area contributed by atoms with E-state index in [0.717, 1.165) is 4.47 Å². The first kappa shape index (κ1) is 24.0. The molecule has 1 aliphatic rings. The predicted octanol–water partition coefficient (Wildman–Crippen LogP) is 4.79. The molecule has 9 heteroatoms. The molecule has 178 valence electrons. The third kappa shape index (κ3) is 4.38. The molecule has 0 saturated carbocycles. The summed E-state index contributed by atoms with van der Waals surface area (Å²) in [5.74, 6) is -2.53. The number of ether oxygens (including phenoxy) is 2. The van der Waals surface area contributed by atoms with Gasteiger partial charge in [-0.25, -0.2) is 4.79 Å². The lowest BCUT2D eigenvalue weighted by molar-refractivity contribution is -0.132. The minimum Gasteiger partial charge on any atom is -0.507 e. The van der Waals surface area contributed by atoms with Crippen molar-refractivity contribution >= 4 is 45.0 Å². The predicted molar refractivity (Wildman–Crippen MR) is 132 cm³/mol. The molecule has 0 aliphatic carbocycles. The molecule has 3 aromatic carbocycles. The first-order valence-corrected chi connectivity index (χ1v) is 11.2. The summed E-state index contributed by atoms with van der Waals surface area (Å²) < 4.78 is 11.5. The summed E-state index contributed by atoms with van der Waals surface area (Å²) in [6.45, 7) is 0. The van der Waals surface area contributed by atoms with E-state index in [0.29, 0.717) is 22.6 Å². The van der Waals surface area contributed by atoms with Crippen LogP contribution in [0.25, 0.3) is 5.76 Å². The Morgan fingerprint density at radius 3 is 2.20 bits per heavy atom. The fourth-order valence-corrected chi connectivity index (χ4v) is 4.25. The second-order valence-corrected chi connectivity index (χ2v) is 8.56. The van der Waals surface area contributed by atoms with Crippen LogP contribution in [-0.2, 0) is 9.59 Å². The molecule has 0 radical (unpaired) electrons. The average molecular weight is 538 g/mol. The van der Waals surface area contributed by atoms with Crippen LogP contribution in [0.4, 0.5) is 5.69 Å². The van der Waals surface area contributed by atoms with Crippen LogP contribution >= 0.6 is 15.9 Å². The summed E-state index contributed by atoms with van der Waals surface area (Å²) in [4.78, 5) is 39.3. The fourth-order valence-electron chi connectivity index (χ4n) is 3.99. The molecule has 35 heavy (non-hydrogen) atoms. The number of carbonyl (C=O) groups is 3. The van der Waals surface area contributed by atoms with Crippen molar-refractivity contribution in [2.75, 3.05) is 19.1 Å². The van der Waals surface area contributed by atoms with Gasteiger partial charge in [0.1, 0.15) is 5.76 Å². The summed E-state index contributed by atoms with van der Waals surface area (Å²) >= 11 is 3.34. The number of nitrogens with zero attached hydrogens (tertiary/aromatic N) is 1. The number of hydrogen-bond acceptors (Lipinski definition) is 6. The number of aliphatic hydroxyl groups excluding tert-OH is 1. The first-order valence-electron chi connectivity index (χ1n) is 10.4. The second-order valence-electron chi connectivity index (χ2n) is 7.65. The van der Waals surface area contributed by atoms with Gasteiger partial charge in [-0.15, -0.1) is 0 Å². The number of Topliss-reactive ketones (excluding diaryl/α,β-unsaturated/α-hetero) is 1. The molecule has 0 bridgehead atoms. The second kappa shape index (κ2) is 9.63. The molecule has 1 fully saturated rings. The number of halogens is 1. The number of amides is 1. The quantitative estimate of drug-likeness (QED) is 0.264. The third-order valence-electron chi connectivity index (χ3n) is 5.66. The molecule has 8 nitrogen and oxygen atoms in total. The van der Waals surface area contributed by atoms with Crippen LogP contribution in [0, 0.1) is 0 Å². The Hall–Kier alpha value is -4.11. The van der Waals surface area contributed by atoms with E-state index in [4.69, 9.17) is 9.47 Å². The number of carboxylic acid groups (broad SMARTS) is 1. The van der Waals surface area contributed by atoms with Crippen LogP contribution in [0.1, 0.15) is 27.5 Å². The van der Waals surface area contributed by atoms with E-state index < -0.39 is 23.7 Å². The van der Waals surface area contributed by atoms with Crippen molar-refractivity contribution in [3.05, 3.63) is 93.5 Å². The fraction of sp³-hybridized carbons (Fsp3) is 0.115. The molecule has 1 aliphatic heterocycles. The molecule has 4 rings (SSSR count). The lowest BCUT2D eigenvalue weighted by Crippen LogP contribution is -2.29. The van der Waals surface area contributed by atoms with E-state index in [2.05, 4.69) is 15.9 Å². The van der Waals surface area contributed by atoms with Gasteiger partial charge in [-0.2, -0.15) is 0 Å². The van der Waals surface area contributed by atoms with E-state index in [9.17, 15) is 24.6 Å². The zero-order valence-corrected chi connectivity index (χ0v) is 20.3. The molecule has 3 aromatic rings. The molecule has 1 saturated heterocycles. The summed E-state index contributed by atoms with van der Waals surface area (Å²) in [6, 6.07) is 16.2. The maximum atomic E-state index is 13.3. The van der Waals surface area contributed by atoms with Gasteiger partial charge in [0.05, 0.1) is 31.4 Å². The lowest BCUT2D eigenvalue weighted by atomic mass is 9.94. The highest BCUT2D eigenvalue weighted by Gasteiger charge is 2.47. The van der Waals surface area contributed by atoms with Crippen LogP contribution in [0.15, 0.2) is 76.8 Å². The van der Waals surface area contributed by atoms with Gasteiger partial charge in [0, 0.05) is 15.7 Å². The summed E-state index contributed by atoms with van der Waals surface area (Å²) in [5.41, 5.74) is 0.812. The number of benzene rings is 3. The van der Waals surface area contributed by atoms with Gasteiger partial charge in [-0.05, 0) is 48.0 Å². The Morgan fingerprint density at radius 1 is 0.886 bits per heavy atom. The van der Waals surface area contributed by atoms with Crippen molar-refractivity contribution in [3.63, 3.8) is 0 Å². The SMILES string of the molecule is COc1ccc(C2/C(=C(\O)c3ccc(Br)cc3)C(=O)C(=O)N2c2cccc(C(=O)O)c2)cc1OC. The van der Waals surface area contributed by atoms with Crippen LogP contribution in [0.5, 0.6) is 11.5 Å². The normalized spacial score (nSPS) is 16.9. The Labute approximate surface area is 209 Å². The van der Waals surface area contributed by atoms with Gasteiger partial charge in [-0.3, -0.25) is 14.5 Å². The molecular weight excluding hydrogens is 518 g/mol. The third-order valence-corrected chi connectivity index (χ3v) is 6.19. The van der Waals surface area contributed by atoms with E-state index in [-0.39, 0.29) is 22.6 Å². The Morgan fingerprint density at radius 2 is 1.57 bits per heavy atom. The number of carbonyl (C=O) groups excluding carboxylic acids is 2. The van der Waals surface area contributed by atoms with E-state index in [1.165, 1.54) is 43.4 Å². The Bertz CT molecular complexity index is 1360. The van der Waals surface area contributed by atoms with Gasteiger partial charge in [0.15, 0.2) is 11.5 Å². The van der Waals surface area contributed by atoms with E-state index in [1.807, 2.05) is 0 Å². The number of carboxylic acids is 1. The van der Waals surface area contributed by atoms with Crippen LogP contribution in [0.2, 0.25) is 0 Å². The smallest absolute Gasteiger partial charge is 0.335 e. The van der Waals surface area contributed by atoms with Gasteiger partial charge in [0.2, 0.25) is 0 Å². The monoisotopic (exact) mass is 537 g/mol. The molecule has 1 unspecified atom stereocenters. The zero-order chi connectivity index (χ0) is 25.3. The molecule has 0 aromatic heterocycles. The van der Waals surface area contributed by atoms with Crippen molar-refractivity contribution in [3.8, 4) is 11.5 Å². The van der Waals surface area contributed by atoms with Crippen molar-refractivity contribution in [1.29, 1.82) is 0 Å². The minimum atomic E-state index is -1.18. The highest BCUT2D eigenvalue weighted by atomic mass is 79.9. The van der Waals surface area contributed by atoms with Crippen LogP contribution < -0.4 is 14.4 Å². The number of aliphatic hydroxyl groups is 1. The number of rotatable bonds is 6. The number of anilines is 1. The molecular formula is C26H20BrNO7. The molecule has 2 N–H and O–H groups in total. The van der Waals surface area contributed by atoms with Crippen molar-refractivity contribution in [2.24, 2.45) is 0 Å². The molecule has 1 atom stereocenters. The maximum absolute atomic E-state index is 13.3. The van der Waals surface area contributed by atoms with Crippen molar-refractivity contribution in [1.82, 2.24) is 0 Å². The highest BCUT2D eigenvalue weighted by Crippen LogP contribution is 2.44. The van der Waals surface area contributed by atoms with Crippen molar-refractivity contribution < 1.29 is 34.1 Å². The summed E-state index contributed by atoms with van der Waals surface area (Å²) in [5, 5.41) is 20.6. The highest BCUT2D eigenvalue weighted by molar-refractivity contribution is 9.10. The van der Waals surface area contributed by atoms with Gasteiger partial charge in [0.25, 0.3) is 11.7 Å². The Kier molecular flexibility index (Phi) is 6.61. The number of hydrogen-bond donors (Lipinski definition) is 2. The molecule has 1 heterocycles. The molecule has 0 spiro atoms. The topological polar surface area (TPSA) is 113 Å². The van der Waals surface area contributed by atoms with E-state index in [1.54, 1.807) is 42.5 Å². The van der Waals surface area contributed by atoms with E-state index >= 15 is 0 Å². The lowest BCUT2D eigenvalue weighted by Gasteiger charge is -2.26. The maximum Gasteiger partial charge on any atom is 0.335 e. The van der Waals surface area contributed by atoms with Gasteiger partial charge >= 0.3 is 5.97 Å². The standard InChI is InChI=1S/C26H20BrNO7/c1-34-19-11-8-15(13-20(19)35-2)22-21(23(29)14-6-9-17(27)10-7-14)24(30)25(31)28(22)18-5-3-4-16(12-18)26(32)33/h3-13,22,29H,1-2H3,(H,32,33)/b23-21+. The largest absolute Gasteiger partial charge is 0.507 e. The van der Waals surface area contributed by atoms with Crippen LogP contribution in [-0.4, -0.2) is 42.1 Å². The Balaban J connectivity index is 1.98. The summed E-state index contributed by atoms with van der Waals surface area (Å²) in [7, 11) is 2.94.